The summed E-state index contributed by atoms with van der Waals surface area (Å²) in [4.78, 5) is 13.9. The van der Waals surface area contributed by atoms with Crippen molar-refractivity contribution >= 4 is 11.6 Å². The highest BCUT2D eigenvalue weighted by Crippen LogP contribution is 2.23. The van der Waals surface area contributed by atoms with Crippen molar-refractivity contribution in [1.29, 1.82) is 0 Å². The van der Waals surface area contributed by atoms with Gasteiger partial charge in [0.15, 0.2) is 0 Å². The molecule has 1 aliphatic rings. The number of carbonyl (C=O) groups is 1. The van der Waals surface area contributed by atoms with Crippen LogP contribution in [0.3, 0.4) is 0 Å². The van der Waals surface area contributed by atoms with Gasteiger partial charge in [0.1, 0.15) is 0 Å². The van der Waals surface area contributed by atoms with Crippen LogP contribution >= 0.6 is 0 Å². The number of carbonyl (C=O) groups excluding carboxylic acids is 1. The van der Waals surface area contributed by atoms with Gasteiger partial charge in [0.25, 0.3) is 0 Å². The predicted molar refractivity (Wildman–Crippen MR) is 80.7 cm³/mol. The Bertz CT molecular complexity index is 422. The fourth-order valence-electron chi connectivity index (χ4n) is 2.75. The maximum atomic E-state index is 11.9. The summed E-state index contributed by atoms with van der Waals surface area (Å²) in [7, 11) is 1.92. The van der Waals surface area contributed by atoms with E-state index in [1.165, 1.54) is 0 Å². The van der Waals surface area contributed by atoms with Crippen molar-refractivity contribution in [3.05, 3.63) is 30.3 Å². The first-order chi connectivity index (χ1) is 9.65. The largest absolute Gasteiger partial charge is 0.393 e. The molecule has 0 bridgehead atoms. The Kier molecular flexibility index (Phi) is 5.41. The lowest BCUT2D eigenvalue weighted by Crippen LogP contribution is -2.38. The van der Waals surface area contributed by atoms with Gasteiger partial charge >= 0.3 is 0 Å². The van der Waals surface area contributed by atoms with E-state index in [0.29, 0.717) is 19.0 Å². The molecule has 0 radical (unpaired) electrons. The molecule has 2 N–H and O–H groups in total. The number of aliphatic hydroxyl groups is 1. The van der Waals surface area contributed by atoms with Crippen molar-refractivity contribution in [2.24, 2.45) is 5.92 Å². The van der Waals surface area contributed by atoms with Crippen LogP contribution < -0.4 is 10.2 Å². The van der Waals surface area contributed by atoms with Crippen LogP contribution in [0.25, 0.3) is 0 Å². The third-order valence-electron chi connectivity index (χ3n) is 3.92. The third kappa shape index (κ3) is 4.53. The zero-order valence-electron chi connectivity index (χ0n) is 12.1. The maximum Gasteiger partial charge on any atom is 0.239 e. The average Bonchev–Trinajstić information content (AvgIpc) is 2.46. The maximum absolute atomic E-state index is 11.9. The third-order valence-corrected chi connectivity index (χ3v) is 3.92. The van der Waals surface area contributed by atoms with Gasteiger partial charge < -0.3 is 15.3 Å². The number of aliphatic hydroxyl groups excluding tert-OH is 1. The molecule has 0 aromatic heterocycles. The van der Waals surface area contributed by atoms with Crippen molar-refractivity contribution in [2.75, 3.05) is 25.0 Å². The van der Waals surface area contributed by atoms with Crippen LogP contribution in [0.4, 0.5) is 5.69 Å². The first kappa shape index (κ1) is 14.9. The molecule has 2 unspecified atom stereocenters. The number of hydrogen-bond acceptors (Lipinski definition) is 3. The van der Waals surface area contributed by atoms with E-state index in [0.717, 1.165) is 31.4 Å². The number of rotatable bonds is 5. The molecule has 0 aliphatic heterocycles. The smallest absolute Gasteiger partial charge is 0.239 e. The van der Waals surface area contributed by atoms with Crippen molar-refractivity contribution in [3.63, 3.8) is 0 Å². The molecule has 4 nitrogen and oxygen atoms in total. The van der Waals surface area contributed by atoms with Gasteiger partial charge in [-0.3, -0.25) is 4.79 Å². The molecule has 1 aromatic carbocycles. The number of nitrogens with zero attached hydrogens (tertiary/aromatic N) is 1. The number of amides is 1. The Balaban J connectivity index is 1.72. The van der Waals surface area contributed by atoms with Gasteiger partial charge in [0, 0.05) is 19.3 Å². The van der Waals surface area contributed by atoms with Crippen molar-refractivity contribution < 1.29 is 9.90 Å². The van der Waals surface area contributed by atoms with E-state index in [1.807, 2.05) is 42.3 Å². The lowest BCUT2D eigenvalue weighted by Gasteiger charge is -2.26. The van der Waals surface area contributed by atoms with Crippen LogP contribution in [0.15, 0.2) is 30.3 Å². The zero-order valence-corrected chi connectivity index (χ0v) is 12.1. The molecule has 0 saturated heterocycles. The second kappa shape index (κ2) is 7.29. The Morgan fingerprint density at radius 2 is 2.10 bits per heavy atom. The molecule has 1 fully saturated rings. The van der Waals surface area contributed by atoms with Gasteiger partial charge in [-0.2, -0.15) is 0 Å². The Labute approximate surface area is 120 Å². The summed E-state index contributed by atoms with van der Waals surface area (Å²) in [6.07, 6.45) is 3.70. The van der Waals surface area contributed by atoms with E-state index in [4.69, 9.17) is 0 Å². The minimum absolute atomic E-state index is 0.0383. The minimum atomic E-state index is -0.183. The summed E-state index contributed by atoms with van der Waals surface area (Å²) >= 11 is 0. The summed E-state index contributed by atoms with van der Waals surface area (Å²) in [5.41, 5.74) is 1.04. The Morgan fingerprint density at radius 3 is 2.80 bits per heavy atom. The van der Waals surface area contributed by atoms with Crippen molar-refractivity contribution in [3.8, 4) is 0 Å². The van der Waals surface area contributed by atoms with Gasteiger partial charge in [-0.25, -0.2) is 0 Å². The SMILES string of the molecule is CN(CC(=O)NCC1CCCC(O)C1)c1ccccc1. The summed E-state index contributed by atoms with van der Waals surface area (Å²) in [5.74, 6) is 0.459. The Morgan fingerprint density at radius 1 is 1.35 bits per heavy atom. The summed E-state index contributed by atoms with van der Waals surface area (Å²) < 4.78 is 0. The van der Waals surface area contributed by atoms with Gasteiger partial charge in [-0.05, 0) is 37.3 Å². The monoisotopic (exact) mass is 276 g/mol. The molecule has 110 valence electrons. The van der Waals surface area contributed by atoms with E-state index in [-0.39, 0.29) is 12.0 Å². The summed E-state index contributed by atoms with van der Waals surface area (Å²) in [6, 6.07) is 9.88. The summed E-state index contributed by atoms with van der Waals surface area (Å²) in [5, 5.41) is 12.6. The van der Waals surface area contributed by atoms with Crippen LogP contribution in [0.5, 0.6) is 0 Å². The van der Waals surface area contributed by atoms with Gasteiger partial charge in [0.05, 0.1) is 12.6 Å². The van der Waals surface area contributed by atoms with E-state index < -0.39 is 0 Å². The number of anilines is 1. The normalized spacial score (nSPS) is 22.3. The number of likely N-dealkylation sites (N-methyl/N-ethyl adjacent to an activating group) is 1. The molecule has 1 amide bonds. The first-order valence-electron chi connectivity index (χ1n) is 7.36. The van der Waals surface area contributed by atoms with Crippen LogP contribution in [0.1, 0.15) is 25.7 Å². The molecule has 1 aliphatic carbocycles. The second-order valence-electron chi connectivity index (χ2n) is 5.68. The van der Waals surface area contributed by atoms with Crippen LogP contribution in [0.2, 0.25) is 0 Å². The first-order valence-corrected chi connectivity index (χ1v) is 7.36. The lowest BCUT2D eigenvalue weighted by molar-refractivity contribution is -0.120. The zero-order chi connectivity index (χ0) is 14.4. The van der Waals surface area contributed by atoms with Crippen molar-refractivity contribution in [2.45, 2.75) is 31.8 Å². The fraction of sp³-hybridized carbons (Fsp3) is 0.562. The molecular formula is C16H24N2O2. The molecule has 0 heterocycles. The number of para-hydroxylation sites is 1. The number of hydrogen-bond donors (Lipinski definition) is 2. The summed E-state index contributed by atoms with van der Waals surface area (Å²) in [6.45, 7) is 1.04. The molecule has 1 aromatic rings. The van der Waals surface area contributed by atoms with Gasteiger partial charge in [0.2, 0.25) is 5.91 Å². The minimum Gasteiger partial charge on any atom is -0.393 e. The van der Waals surface area contributed by atoms with Gasteiger partial charge in [-0.15, -0.1) is 0 Å². The standard InChI is InChI=1S/C16H24N2O2/c1-18(14-7-3-2-4-8-14)12-16(20)17-11-13-6-5-9-15(19)10-13/h2-4,7-8,13,15,19H,5-6,9-12H2,1H3,(H,17,20). The number of benzene rings is 1. The van der Waals surface area contributed by atoms with E-state index in [1.54, 1.807) is 0 Å². The molecule has 0 spiro atoms. The van der Waals surface area contributed by atoms with Gasteiger partial charge in [-0.1, -0.05) is 24.6 Å². The molecule has 2 atom stereocenters. The topological polar surface area (TPSA) is 52.6 Å². The molecule has 2 rings (SSSR count). The molecule has 1 saturated carbocycles. The van der Waals surface area contributed by atoms with Crippen LogP contribution in [0, 0.1) is 5.92 Å². The highest BCUT2D eigenvalue weighted by atomic mass is 16.3. The fourth-order valence-corrected chi connectivity index (χ4v) is 2.75. The van der Waals surface area contributed by atoms with Crippen LogP contribution in [-0.2, 0) is 4.79 Å². The lowest BCUT2D eigenvalue weighted by atomic mass is 9.87. The highest BCUT2D eigenvalue weighted by molar-refractivity contribution is 5.81. The van der Waals surface area contributed by atoms with E-state index in [2.05, 4.69) is 5.32 Å². The van der Waals surface area contributed by atoms with Crippen LogP contribution in [-0.4, -0.2) is 37.3 Å². The van der Waals surface area contributed by atoms with E-state index >= 15 is 0 Å². The Hall–Kier alpha value is -1.55. The second-order valence-corrected chi connectivity index (χ2v) is 5.68. The van der Waals surface area contributed by atoms with E-state index in [9.17, 15) is 9.90 Å². The quantitative estimate of drug-likeness (QED) is 0.862. The molecule has 20 heavy (non-hydrogen) atoms. The predicted octanol–water partition coefficient (Wildman–Crippen LogP) is 1.79. The average molecular weight is 276 g/mol. The highest BCUT2D eigenvalue weighted by Gasteiger charge is 2.20. The number of nitrogens with one attached hydrogen (secondary N) is 1. The molecular weight excluding hydrogens is 252 g/mol. The van der Waals surface area contributed by atoms with Crippen molar-refractivity contribution in [1.82, 2.24) is 5.32 Å². The molecule has 4 heteroatoms.